The van der Waals surface area contributed by atoms with Crippen LogP contribution in [0.3, 0.4) is 0 Å². The first-order valence-electron chi connectivity index (χ1n) is 9.92. The standard InChI is InChI=1S/C21H27N3O5S/c1-5-28-21(27)18-14(16-9-8-13(2)29-16)12-30-19(18)22-17(25)11-24-10-6-7-15(24)20(26)23(3)4/h8-9,12,15H,5-7,10-11H2,1-4H3,(H,22,25). The monoisotopic (exact) mass is 433 g/mol. The summed E-state index contributed by atoms with van der Waals surface area (Å²) in [6.45, 7) is 4.54. The first-order valence-corrected chi connectivity index (χ1v) is 10.8. The van der Waals surface area contributed by atoms with Crippen molar-refractivity contribution in [1.82, 2.24) is 9.80 Å². The Labute approximate surface area is 179 Å². The predicted molar refractivity (Wildman–Crippen MR) is 115 cm³/mol. The van der Waals surface area contributed by atoms with Crippen molar-refractivity contribution in [2.45, 2.75) is 32.7 Å². The molecular weight excluding hydrogens is 406 g/mol. The molecule has 1 fully saturated rings. The molecule has 1 atom stereocenters. The summed E-state index contributed by atoms with van der Waals surface area (Å²) in [4.78, 5) is 41.1. The van der Waals surface area contributed by atoms with E-state index < -0.39 is 5.97 Å². The molecule has 9 heteroatoms. The maximum atomic E-state index is 12.7. The van der Waals surface area contributed by atoms with Crippen LogP contribution in [0.2, 0.25) is 0 Å². The largest absolute Gasteiger partial charge is 0.462 e. The number of nitrogens with one attached hydrogen (secondary N) is 1. The van der Waals surface area contributed by atoms with Gasteiger partial charge in [-0.2, -0.15) is 0 Å². The first kappa shape index (κ1) is 22.0. The third kappa shape index (κ3) is 4.73. The van der Waals surface area contributed by atoms with Crippen LogP contribution in [0.25, 0.3) is 11.3 Å². The molecule has 2 amide bonds. The fourth-order valence-electron chi connectivity index (χ4n) is 3.56. The van der Waals surface area contributed by atoms with Crippen LogP contribution in [-0.4, -0.2) is 67.4 Å². The molecule has 0 aliphatic carbocycles. The second-order valence-corrected chi connectivity index (χ2v) is 8.27. The van der Waals surface area contributed by atoms with Crippen LogP contribution in [0.4, 0.5) is 5.00 Å². The SMILES string of the molecule is CCOC(=O)c1c(-c2ccc(C)o2)csc1NC(=O)CN1CCCC1C(=O)N(C)C. The third-order valence-electron chi connectivity index (χ3n) is 4.97. The van der Waals surface area contributed by atoms with Gasteiger partial charge in [-0.25, -0.2) is 4.79 Å². The summed E-state index contributed by atoms with van der Waals surface area (Å²) in [6, 6.07) is 3.31. The summed E-state index contributed by atoms with van der Waals surface area (Å²) in [5.74, 6) is 0.479. The molecule has 2 aromatic rings. The molecule has 162 valence electrons. The Morgan fingerprint density at radius 1 is 1.33 bits per heavy atom. The number of aryl methyl sites for hydroxylation is 1. The van der Waals surface area contributed by atoms with Crippen molar-refractivity contribution >= 4 is 34.1 Å². The van der Waals surface area contributed by atoms with Gasteiger partial charge in [0.05, 0.1) is 19.2 Å². The van der Waals surface area contributed by atoms with E-state index in [-0.39, 0.29) is 36.6 Å². The molecule has 0 spiro atoms. The van der Waals surface area contributed by atoms with Crippen LogP contribution in [0.1, 0.15) is 35.9 Å². The molecule has 30 heavy (non-hydrogen) atoms. The lowest BCUT2D eigenvalue weighted by Gasteiger charge is -2.25. The summed E-state index contributed by atoms with van der Waals surface area (Å²) in [5, 5.41) is 5.02. The minimum absolute atomic E-state index is 0.000823. The maximum Gasteiger partial charge on any atom is 0.341 e. The highest BCUT2D eigenvalue weighted by Crippen LogP contribution is 2.37. The van der Waals surface area contributed by atoms with Crippen molar-refractivity contribution < 1.29 is 23.5 Å². The second kappa shape index (κ2) is 9.44. The van der Waals surface area contributed by atoms with Crippen LogP contribution in [-0.2, 0) is 14.3 Å². The molecule has 1 N–H and O–H groups in total. The summed E-state index contributed by atoms with van der Waals surface area (Å²) in [5.41, 5.74) is 0.871. The Morgan fingerprint density at radius 3 is 2.73 bits per heavy atom. The quantitative estimate of drug-likeness (QED) is 0.675. The molecule has 3 rings (SSSR count). The van der Waals surface area contributed by atoms with Crippen molar-refractivity contribution in [1.29, 1.82) is 0 Å². The summed E-state index contributed by atoms with van der Waals surface area (Å²) in [7, 11) is 3.43. The lowest BCUT2D eigenvalue weighted by molar-refractivity contribution is -0.133. The third-order valence-corrected chi connectivity index (χ3v) is 5.86. The van der Waals surface area contributed by atoms with E-state index in [2.05, 4.69) is 5.32 Å². The number of likely N-dealkylation sites (tertiary alicyclic amines) is 1. The molecule has 8 nitrogen and oxygen atoms in total. The second-order valence-electron chi connectivity index (χ2n) is 7.39. The fourth-order valence-corrected chi connectivity index (χ4v) is 4.51. The average Bonchev–Trinajstić information content (AvgIpc) is 3.41. The van der Waals surface area contributed by atoms with Crippen LogP contribution in [0, 0.1) is 6.92 Å². The van der Waals surface area contributed by atoms with E-state index in [1.807, 2.05) is 17.9 Å². The zero-order valence-corrected chi connectivity index (χ0v) is 18.5. The lowest BCUT2D eigenvalue weighted by Crippen LogP contribution is -2.45. The average molecular weight is 434 g/mol. The van der Waals surface area contributed by atoms with Gasteiger partial charge in [0.2, 0.25) is 11.8 Å². The van der Waals surface area contributed by atoms with Gasteiger partial charge < -0.3 is 19.4 Å². The molecule has 0 saturated carbocycles. The molecule has 1 unspecified atom stereocenters. The van der Waals surface area contributed by atoms with E-state index in [0.29, 0.717) is 22.9 Å². The molecule has 0 bridgehead atoms. The highest BCUT2D eigenvalue weighted by atomic mass is 32.1. The summed E-state index contributed by atoms with van der Waals surface area (Å²) < 4.78 is 10.9. The number of nitrogens with zero attached hydrogens (tertiary/aromatic N) is 2. The number of furan rings is 1. The number of anilines is 1. The van der Waals surface area contributed by atoms with Crippen molar-refractivity contribution in [3.63, 3.8) is 0 Å². The number of ether oxygens (including phenoxy) is 1. The Morgan fingerprint density at radius 2 is 2.10 bits per heavy atom. The van der Waals surface area contributed by atoms with E-state index in [4.69, 9.17) is 9.15 Å². The van der Waals surface area contributed by atoms with Crippen molar-refractivity contribution in [2.24, 2.45) is 0 Å². The Bertz CT molecular complexity index is 933. The predicted octanol–water partition coefficient (Wildman–Crippen LogP) is 2.98. The molecular formula is C21H27N3O5S. The topological polar surface area (TPSA) is 92.1 Å². The van der Waals surface area contributed by atoms with E-state index in [1.54, 1.807) is 37.4 Å². The van der Waals surface area contributed by atoms with Crippen molar-refractivity contribution in [3.8, 4) is 11.3 Å². The molecule has 1 aliphatic rings. The first-order chi connectivity index (χ1) is 14.3. The minimum Gasteiger partial charge on any atom is -0.462 e. The smallest absolute Gasteiger partial charge is 0.341 e. The van der Waals surface area contributed by atoms with Crippen molar-refractivity contribution in [3.05, 3.63) is 28.8 Å². The molecule has 1 aliphatic heterocycles. The molecule has 2 aromatic heterocycles. The lowest BCUT2D eigenvalue weighted by atomic mass is 10.1. The van der Waals surface area contributed by atoms with E-state index in [0.717, 1.165) is 18.6 Å². The van der Waals surface area contributed by atoms with Gasteiger partial charge in [0.25, 0.3) is 0 Å². The van der Waals surface area contributed by atoms with Crippen LogP contribution in [0.15, 0.2) is 21.9 Å². The fraction of sp³-hybridized carbons (Fsp3) is 0.476. The molecule has 3 heterocycles. The normalized spacial score (nSPS) is 16.5. The van der Waals surface area contributed by atoms with Gasteiger partial charge >= 0.3 is 5.97 Å². The number of carbonyl (C=O) groups excluding carboxylic acids is 3. The van der Waals surface area contributed by atoms with Gasteiger partial charge in [-0.15, -0.1) is 11.3 Å². The van der Waals surface area contributed by atoms with E-state index in [1.165, 1.54) is 11.3 Å². The number of esters is 1. The summed E-state index contributed by atoms with van der Waals surface area (Å²) >= 11 is 1.25. The number of hydrogen-bond acceptors (Lipinski definition) is 7. The maximum absolute atomic E-state index is 12.7. The minimum atomic E-state index is -0.514. The number of thiophene rings is 1. The van der Waals surface area contributed by atoms with Crippen molar-refractivity contribution in [2.75, 3.05) is 39.1 Å². The number of hydrogen-bond donors (Lipinski definition) is 1. The summed E-state index contributed by atoms with van der Waals surface area (Å²) in [6.07, 6.45) is 1.60. The van der Waals surface area contributed by atoms with Gasteiger partial charge in [0, 0.05) is 25.0 Å². The van der Waals surface area contributed by atoms with Gasteiger partial charge in [-0.3, -0.25) is 14.5 Å². The van der Waals surface area contributed by atoms with Crippen LogP contribution in [0.5, 0.6) is 0 Å². The Kier molecular flexibility index (Phi) is 6.94. The van der Waals surface area contributed by atoms with Gasteiger partial charge in [0.1, 0.15) is 22.1 Å². The highest BCUT2D eigenvalue weighted by Gasteiger charge is 2.33. The number of carbonyl (C=O) groups is 3. The molecule has 0 aromatic carbocycles. The zero-order valence-electron chi connectivity index (χ0n) is 17.7. The van der Waals surface area contributed by atoms with Crippen LogP contribution >= 0.6 is 11.3 Å². The number of amides is 2. The zero-order chi connectivity index (χ0) is 21.8. The molecule has 1 saturated heterocycles. The van der Waals surface area contributed by atoms with Gasteiger partial charge in [-0.1, -0.05) is 0 Å². The van der Waals surface area contributed by atoms with Gasteiger partial charge in [0.15, 0.2) is 0 Å². The van der Waals surface area contributed by atoms with Gasteiger partial charge in [-0.05, 0) is 45.4 Å². The van der Waals surface area contributed by atoms with Crippen LogP contribution < -0.4 is 5.32 Å². The highest BCUT2D eigenvalue weighted by molar-refractivity contribution is 7.15. The Balaban J connectivity index is 1.78. The van der Waals surface area contributed by atoms with E-state index >= 15 is 0 Å². The molecule has 0 radical (unpaired) electrons. The number of rotatable bonds is 7. The number of likely N-dealkylation sites (N-methyl/N-ethyl adjacent to an activating group) is 1. The van der Waals surface area contributed by atoms with E-state index in [9.17, 15) is 14.4 Å². The Hall–Kier alpha value is -2.65.